The van der Waals surface area contributed by atoms with E-state index in [2.05, 4.69) is 27.1 Å². The molecule has 0 atom stereocenters. The van der Waals surface area contributed by atoms with Crippen LogP contribution in [0.5, 0.6) is 0 Å². The van der Waals surface area contributed by atoms with Crippen LogP contribution in [0.4, 0.5) is 0 Å². The van der Waals surface area contributed by atoms with Gasteiger partial charge in [0.1, 0.15) is 0 Å². The molecule has 118 valence electrons. The second-order valence-electron chi connectivity index (χ2n) is 5.45. The standard InChI is InChI=1S/C20H17N3O/c1-14-15(2)23-19-13-17(10-11-18(19)22-14)20(24)21-12-6-9-16-7-4-3-5-8-16/h3-5,7-8,10-11,13H,12H2,1-2H3,(H,21,24). The van der Waals surface area contributed by atoms with Crippen molar-refractivity contribution < 1.29 is 4.79 Å². The molecule has 0 unspecified atom stereocenters. The number of rotatable bonds is 2. The summed E-state index contributed by atoms with van der Waals surface area (Å²) in [5.74, 6) is 5.79. The third-order valence-electron chi connectivity index (χ3n) is 3.68. The van der Waals surface area contributed by atoms with Gasteiger partial charge in [0, 0.05) is 11.1 Å². The van der Waals surface area contributed by atoms with Crippen LogP contribution in [0.1, 0.15) is 27.3 Å². The predicted molar refractivity (Wildman–Crippen MR) is 94.7 cm³/mol. The zero-order valence-corrected chi connectivity index (χ0v) is 13.6. The molecular weight excluding hydrogens is 298 g/mol. The van der Waals surface area contributed by atoms with Gasteiger partial charge in [0.05, 0.1) is 29.0 Å². The van der Waals surface area contributed by atoms with Crippen molar-refractivity contribution in [3.8, 4) is 11.8 Å². The summed E-state index contributed by atoms with van der Waals surface area (Å²) in [6.45, 7) is 4.13. The number of carbonyl (C=O) groups is 1. The normalized spacial score (nSPS) is 10.1. The van der Waals surface area contributed by atoms with E-state index in [9.17, 15) is 4.79 Å². The van der Waals surface area contributed by atoms with Crippen molar-refractivity contribution in [2.24, 2.45) is 0 Å². The maximum Gasteiger partial charge on any atom is 0.252 e. The van der Waals surface area contributed by atoms with Crippen molar-refractivity contribution in [3.63, 3.8) is 0 Å². The van der Waals surface area contributed by atoms with Crippen molar-refractivity contribution in [3.05, 3.63) is 71.0 Å². The summed E-state index contributed by atoms with van der Waals surface area (Å²) in [4.78, 5) is 21.2. The SMILES string of the molecule is Cc1nc2ccc(C(=O)NCC#Cc3ccccc3)cc2nc1C. The summed E-state index contributed by atoms with van der Waals surface area (Å²) in [5.41, 5.74) is 4.77. The van der Waals surface area contributed by atoms with Crippen LogP contribution in [0.3, 0.4) is 0 Å². The van der Waals surface area contributed by atoms with Gasteiger partial charge >= 0.3 is 0 Å². The highest BCUT2D eigenvalue weighted by Crippen LogP contribution is 2.14. The fourth-order valence-corrected chi connectivity index (χ4v) is 2.27. The Labute approximate surface area is 141 Å². The number of fused-ring (bicyclic) bond motifs is 1. The number of amides is 1. The monoisotopic (exact) mass is 315 g/mol. The summed E-state index contributed by atoms with van der Waals surface area (Å²) in [7, 11) is 0. The Balaban J connectivity index is 1.70. The Morgan fingerprint density at radius 2 is 1.71 bits per heavy atom. The van der Waals surface area contributed by atoms with Crippen LogP contribution in [0.15, 0.2) is 48.5 Å². The highest BCUT2D eigenvalue weighted by molar-refractivity contribution is 5.97. The van der Waals surface area contributed by atoms with Crippen LogP contribution in [-0.4, -0.2) is 22.4 Å². The number of hydrogen-bond acceptors (Lipinski definition) is 3. The average molecular weight is 315 g/mol. The molecule has 0 aliphatic heterocycles. The second-order valence-corrected chi connectivity index (χ2v) is 5.45. The van der Waals surface area contributed by atoms with E-state index < -0.39 is 0 Å². The molecule has 0 saturated carbocycles. The van der Waals surface area contributed by atoms with Gasteiger partial charge in [-0.15, -0.1) is 0 Å². The lowest BCUT2D eigenvalue weighted by atomic mass is 10.1. The molecule has 1 amide bonds. The van der Waals surface area contributed by atoms with Crippen molar-refractivity contribution in [1.82, 2.24) is 15.3 Å². The third-order valence-corrected chi connectivity index (χ3v) is 3.68. The largest absolute Gasteiger partial charge is 0.341 e. The molecule has 0 aliphatic rings. The van der Waals surface area contributed by atoms with E-state index in [4.69, 9.17) is 0 Å². The molecule has 0 radical (unpaired) electrons. The molecule has 1 heterocycles. The molecule has 4 heteroatoms. The first-order valence-corrected chi connectivity index (χ1v) is 7.70. The van der Waals surface area contributed by atoms with E-state index in [-0.39, 0.29) is 5.91 Å². The maximum absolute atomic E-state index is 12.2. The number of aryl methyl sites for hydroxylation is 2. The summed E-state index contributed by atoms with van der Waals surface area (Å²) in [6, 6.07) is 15.0. The smallest absolute Gasteiger partial charge is 0.252 e. The van der Waals surface area contributed by atoms with Gasteiger partial charge in [-0.2, -0.15) is 0 Å². The van der Waals surface area contributed by atoms with E-state index in [0.717, 1.165) is 28.0 Å². The Morgan fingerprint density at radius 3 is 2.46 bits per heavy atom. The van der Waals surface area contributed by atoms with Gasteiger partial charge in [0.2, 0.25) is 0 Å². The maximum atomic E-state index is 12.2. The van der Waals surface area contributed by atoms with Crippen LogP contribution >= 0.6 is 0 Å². The number of nitrogens with one attached hydrogen (secondary N) is 1. The summed E-state index contributed by atoms with van der Waals surface area (Å²) in [6.07, 6.45) is 0. The first kappa shape index (κ1) is 15.7. The van der Waals surface area contributed by atoms with Gasteiger partial charge in [-0.05, 0) is 44.2 Å². The molecule has 3 aromatic rings. The van der Waals surface area contributed by atoms with Gasteiger partial charge in [-0.25, -0.2) is 9.97 Å². The summed E-state index contributed by atoms with van der Waals surface area (Å²) < 4.78 is 0. The average Bonchev–Trinajstić information content (AvgIpc) is 2.60. The number of benzene rings is 2. The van der Waals surface area contributed by atoms with Gasteiger partial charge in [0.15, 0.2) is 0 Å². The highest BCUT2D eigenvalue weighted by atomic mass is 16.1. The Bertz CT molecular complexity index is 953. The Hall–Kier alpha value is -3.19. The highest BCUT2D eigenvalue weighted by Gasteiger charge is 2.07. The molecule has 0 fully saturated rings. The molecule has 3 rings (SSSR count). The lowest BCUT2D eigenvalue weighted by Gasteiger charge is -2.05. The molecule has 0 bridgehead atoms. The first-order chi connectivity index (χ1) is 11.6. The fourth-order valence-electron chi connectivity index (χ4n) is 2.27. The minimum atomic E-state index is -0.167. The molecule has 2 aromatic carbocycles. The van der Waals surface area contributed by atoms with Crippen LogP contribution in [0, 0.1) is 25.7 Å². The number of aromatic nitrogens is 2. The summed E-state index contributed by atoms with van der Waals surface area (Å²) >= 11 is 0. The topological polar surface area (TPSA) is 54.9 Å². The van der Waals surface area contributed by atoms with E-state index in [1.54, 1.807) is 12.1 Å². The quantitative estimate of drug-likeness (QED) is 0.740. The minimum absolute atomic E-state index is 0.167. The van der Waals surface area contributed by atoms with Gasteiger partial charge < -0.3 is 5.32 Å². The minimum Gasteiger partial charge on any atom is -0.341 e. The van der Waals surface area contributed by atoms with Crippen molar-refractivity contribution in [1.29, 1.82) is 0 Å². The van der Waals surface area contributed by atoms with Gasteiger partial charge in [-0.1, -0.05) is 30.0 Å². The molecule has 1 N–H and O–H groups in total. The lowest BCUT2D eigenvalue weighted by molar-refractivity contribution is 0.0959. The molecule has 4 nitrogen and oxygen atoms in total. The molecule has 1 aromatic heterocycles. The predicted octanol–water partition coefficient (Wildman–Crippen LogP) is 3.03. The summed E-state index contributed by atoms with van der Waals surface area (Å²) in [5, 5.41) is 2.80. The Morgan fingerprint density at radius 1 is 1.00 bits per heavy atom. The second kappa shape index (κ2) is 6.93. The van der Waals surface area contributed by atoms with Crippen LogP contribution in [0.25, 0.3) is 11.0 Å². The molecule has 0 aliphatic carbocycles. The van der Waals surface area contributed by atoms with Crippen LogP contribution in [0.2, 0.25) is 0 Å². The zero-order chi connectivity index (χ0) is 16.9. The fraction of sp³-hybridized carbons (Fsp3) is 0.150. The lowest BCUT2D eigenvalue weighted by Crippen LogP contribution is -2.23. The van der Waals surface area contributed by atoms with Crippen LogP contribution < -0.4 is 5.32 Å². The zero-order valence-electron chi connectivity index (χ0n) is 13.6. The van der Waals surface area contributed by atoms with Crippen molar-refractivity contribution in [2.75, 3.05) is 6.54 Å². The first-order valence-electron chi connectivity index (χ1n) is 7.70. The number of nitrogens with zero attached hydrogens (tertiary/aromatic N) is 2. The van der Waals surface area contributed by atoms with E-state index in [1.165, 1.54) is 0 Å². The van der Waals surface area contributed by atoms with E-state index >= 15 is 0 Å². The third kappa shape index (κ3) is 3.58. The number of hydrogen-bond donors (Lipinski definition) is 1. The van der Waals surface area contributed by atoms with Gasteiger partial charge in [0.25, 0.3) is 5.91 Å². The van der Waals surface area contributed by atoms with Gasteiger partial charge in [-0.3, -0.25) is 4.79 Å². The number of carbonyl (C=O) groups excluding carboxylic acids is 1. The van der Waals surface area contributed by atoms with E-state index in [0.29, 0.717) is 12.1 Å². The van der Waals surface area contributed by atoms with Crippen molar-refractivity contribution in [2.45, 2.75) is 13.8 Å². The molecular formula is C20H17N3O. The Kier molecular flexibility index (Phi) is 4.53. The van der Waals surface area contributed by atoms with Crippen LogP contribution in [-0.2, 0) is 0 Å². The van der Waals surface area contributed by atoms with E-state index in [1.807, 2.05) is 50.2 Å². The molecule has 24 heavy (non-hydrogen) atoms. The molecule has 0 saturated heterocycles. The van der Waals surface area contributed by atoms with Crippen molar-refractivity contribution >= 4 is 16.9 Å². The molecule has 0 spiro atoms.